The molecule has 4 heterocycles. The fourth-order valence-corrected chi connectivity index (χ4v) is 4.45. The second kappa shape index (κ2) is 9.58. The molecule has 0 aliphatic carbocycles. The van der Waals surface area contributed by atoms with Crippen molar-refractivity contribution in [2.24, 2.45) is 0 Å². The van der Waals surface area contributed by atoms with E-state index in [4.69, 9.17) is 15.5 Å². The van der Waals surface area contributed by atoms with E-state index in [0.717, 1.165) is 35.2 Å². The fourth-order valence-electron chi connectivity index (χ4n) is 4.45. The van der Waals surface area contributed by atoms with E-state index in [1.54, 1.807) is 7.05 Å². The van der Waals surface area contributed by atoms with Crippen molar-refractivity contribution >= 4 is 36.3 Å². The number of amides is 1. The van der Waals surface area contributed by atoms with Gasteiger partial charge < -0.3 is 20.5 Å². The third-order valence-electron chi connectivity index (χ3n) is 6.39. The summed E-state index contributed by atoms with van der Waals surface area (Å²) in [6.07, 6.45) is 3.60. The molecule has 2 fully saturated rings. The zero-order valence-corrected chi connectivity index (χ0v) is 19.9. The molecule has 176 valence electrons. The molecule has 34 heavy (non-hydrogen) atoms. The molecule has 1 atom stereocenters. The van der Waals surface area contributed by atoms with Crippen molar-refractivity contribution in [1.82, 2.24) is 19.9 Å². The molecule has 2 aromatic heterocycles. The second-order valence-electron chi connectivity index (χ2n) is 8.61. The number of nitrogens with zero attached hydrogens (tertiary/aromatic N) is 4. The number of fused-ring (bicyclic) bond motifs is 1. The van der Waals surface area contributed by atoms with Crippen molar-refractivity contribution in [2.45, 2.75) is 30.8 Å². The highest BCUT2D eigenvalue weighted by Crippen LogP contribution is 2.35. The minimum absolute atomic E-state index is 0. The molecule has 0 bridgehead atoms. The number of likely N-dealkylation sites (tertiary alicyclic amines) is 1. The van der Waals surface area contributed by atoms with Crippen molar-refractivity contribution in [3.63, 3.8) is 0 Å². The average molecular weight is 478 g/mol. The SMILES string of the molecule is CN1CC[C@](O)(C#Cc2cccc(-c3cc(C4CCOCC4)c4ncnc(N)c4n3)c2)C1=O.S. The number of benzene rings is 1. The molecule has 1 aromatic carbocycles. The fraction of sp³-hybridized carbons (Fsp3) is 0.360. The standard InChI is InChI=1S/C25H25N5O3.H2S/c1-30-10-9-25(32,24(30)31)8-5-16-3-2-4-18(13-16)20-14-19(17-6-11-33-12-7-17)21-22(29-20)23(26)28-15-27-21;/h2-4,13-15,17,32H,6-7,9-12H2,1H3,(H2,26,27,28);1H2/t25-;/m1./s1. The Hall–Kier alpha value is -3.19. The lowest BCUT2D eigenvalue weighted by atomic mass is 9.90. The smallest absolute Gasteiger partial charge is 0.267 e. The minimum Gasteiger partial charge on any atom is -0.382 e. The number of nitrogens with two attached hydrogens (primary N) is 1. The Labute approximate surface area is 205 Å². The van der Waals surface area contributed by atoms with Gasteiger partial charge in [-0.1, -0.05) is 24.0 Å². The van der Waals surface area contributed by atoms with Crippen LogP contribution in [0.25, 0.3) is 22.3 Å². The number of nitrogen functional groups attached to an aromatic ring is 1. The maximum atomic E-state index is 12.2. The van der Waals surface area contributed by atoms with E-state index in [1.807, 2.05) is 24.3 Å². The lowest BCUT2D eigenvalue weighted by molar-refractivity contribution is -0.137. The van der Waals surface area contributed by atoms with Crippen LogP contribution < -0.4 is 5.73 Å². The van der Waals surface area contributed by atoms with E-state index < -0.39 is 5.60 Å². The van der Waals surface area contributed by atoms with Gasteiger partial charge in [0.2, 0.25) is 5.60 Å². The number of aliphatic hydroxyl groups is 1. The Kier molecular flexibility index (Phi) is 6.75. The molecular formula is C25H27N5O3S. The summed E-state index contributed by atoms with van der Waals surface area (Å²) in [4.78, 5) is 27.1. The lowest BCUT2D eigenvalue weighted by Gasteiger charge is -2.23. The van der Waals surface area contributed by atoms with Crippen LogP contribution in [0.4, 0.5) is 5.82 Å². The van der Waals surface area contributed by atoms with Crippen molar-refractivity contribution in [2.75, 3.05) is 32.5 Å². The van der Waals surface area contributed by atoms with Gasteiger partial charge in [0.15, 0.2) is 5.82 Å². The molecule has 3 N–H and O–H groups in total. The van der Waals surface area contributed by atoms with Crippen molar-refractivity contribution in [3.05, 3.63) is 47.8 Å². The third kappa shape index (κ3) is 4.44. The molecule has 0 saturated carbocycles. The summed E-state index contributed by atoms with van der Waals surface area (Å²) < 4.78 is 5.54. The predicted octanol–water partition coefficient (Wildman–Crippen LogP) is 2.23. The summed E-state index contributed by atoms with van der Waals surface area (Å²) in [5.41, 5.74) is 9.30. The van der Waals surface area contributed by atoms with Crippen LogP contribution in [-0.2, 0) is 9.53 Å². The second-order valence-corrected chi connectivity index (χ2v) is 8.61. The maximum absolute atomic E-state index is 12.2. The number of hydrogen-bond acceptors (Lipinski definition) is 7. The van der Waals surface area contributed by atoms with Crippen LogP contribution in [0.15, 0.2) is 36.7 Å². The van der Waals surface area contributed by atoms with Crippen LogP contribution in [0.5, 0.6) is 0 Å². The van der Waals surface area contributed by atoms with Gasteiger partial charge in [0, 0.05) is 44.4 Å². The van der Waals surface area contributed by atoms with Crippen LogP contribution in [0.2, 0.25) is 0 Å². The molecular weight excluding hydrogens is 450 g/mol. The van der Waals surface area contributed by atoms with Gasteiger partial charge in [-0.05, 0) is 42.5 Å². The molecule has 0 radical (unpaired) electrons. The van der Waals surface area contributed by atoms with Crippen molar-refractivity contribution in [1.29, 1.82) is 0 Å². The number of likely N-dealkylation sites (N-methyl/N-ethyl adjacent to an activating group) is 1. The first-order chi connectivity index (χ1) is 15.9. The summed E-state index contributed by atoms with van der Waals surface area (Å²) in [6, 6.07) is 9.66. The molecule has 2 aliphatic rings. The van der Waals surface area contributed by atoms with Crippen molar-refractivity contribution in [3.8, 4) is 23.1 Å². The first-order valence-corrected chi connectivity index (χ1v) is 11.0. The number of aromatic nitrogens is 3. The van der Waals surface area contributed by atoms with Gasteiger partial charge in [0.05, 0.1) is 11.2 Å². The van der Waals surface area contributed by atoms with Crippen LogP contribution in [-0.4, -0.2) is 63.3 Å². The van der Waals surface area contributed by atoms with E-state index in [9.17, 15) is 9.90 Å². The number of carbonyl (C=O) groups excluding carboxylic acids is 1. The summed E-state index contributed by atoms with van der Waals surface area (Å²) in [7, 11) is 1.67. The summed E-state index contributed by atoms with van der Waals surface area (Å²) in [5, 5.41) is 10.6. The molecule has 8 nitrogen and oxygen atoms in total. The van der Waals surface area contributed by atoms with Gasteiger partial charge in [-0.3, -0.25) is 4.79 Å². The van der Waals surface area contributed by atoms with E-state index in [-0.39, 0.29) is 19.4 Å². The third-order valence-corrected chi connectivity index (χ3v) is 6.39. The topological polar surface area (TPSA) is 114 Å². The molecule has 0 unspecified atom stereocenters. The number of rotatable bonds is 2. The minimum atomic E-state index is -1.63. The predicted molar refractivity (Wildman–Crippen MR) is 134 cm³/mol. The number of carbonyl (C=O) groups is 1. The molecule has 5 rings (SSSR count). The Morgan fingerprint density at radius 3 is 2.74 bits per heavy atom. The number of pyridine rings is 1. The quantitative estimate of drug-likeness (QED) is 0.544. The van der Waals surface area contributed by atoms with E-state index in [1.165, 1.54) is 11.2 Å². The number of ether oxygens (including phenoxy) is 1. The highest BCUT2D eigenvalue weighted by atomic mass is 32.1. The molecule has 2 saturated heterocycles. The molecule has 2 aliphatic heterocycles. The number of anilines is 1. The van der Waals surface area contributed by atoms with E-state index in [2.05, 4.69) is 27.9 Å². The normalized spacial score (nSPS) is 20.6. The monoisotopic (exact) mass is 477 g/mol. The Morgan fingerprint density at radius 1 is 1.21 bits per heavy atom. The van der Waals surface area contributed by atoms with Gasteiger partial charge in [0.1, 0.15) is 11.8 Å². The first kappa shape index (κ1) is 24.0. The van der Waals surface area contributed by atoms with Crippen molar-refractivity contribution < 1.29 is 14.6 Å². The van der Waals surface area contributed by atoms with Gasteiger partial charge in [-0.2, -0.15) is 13.5 Å². The number of hydrogen-bond donors (Lipinski definition) is 2. The van der Waals surface area contributed by atoms with Crippen LogP contribution in [0.3, 0.4) is 0 Å². The van der Waals surface area contributed by atoms with Crippen LogP contribution in [0.1, 0.15) is 36.3 Å². The maximum Gasteiger partial charge on any atom is 0.267 e. The molecule has 1 amide bonds. The molecule has 0 spiro atoms. The highest BCUT2D eigenvalue weighted by molar-refractivity contribution is 7.59. The summed E-state index contributed by atoms with van der Waals surface area (Å²) in [6.45, 7) is 1.92. The largest absolute Gasteiger partial charge is 0.382 e. The Morgan fingerprint density at radius 2 is 2.00 bits per heavy atom. The van der Waals surface area contributed by atoms with E-state index in [0.29, 0.717) is 49.0 Å². The van der Waals surface area contributed by atoms with Crippen LogP contribution in [0, 0.1) is 11.8 Å². The average Bonchev–Trinajstić information content (AvgIpc) is 3.11. The zero-order chi connectivity index (χ0) is 23.0. The summed E-state index contributed by atoms with van der Waals surface area (Å²) in [5.74, 6) is 6.04. The van der Waals surface area contributed by atoms with Gasteiger partial charge in [0.25, 0.3) is 5.91 Å². The van der Waals surface area contributed by atoms with Crippen LogP contribution >= 0.6 is 13.5 Å². The molecule has 3 aromatic rings. The lowest BCUT2D eigenvalue weighted by Crippen LogP contribution is -2.37. The van der Waals surface area contributed by atoms with E-state index >= 15 is 0 Å². The van der Waals surface area contributed by atoms with Gasteiger partial charge >= 0.3 is 0 Å². The Balaban J connectivity index is 0.00000274. The molecule has 9 heteroatoms. The summed E-state index contributed by atoms with van der Waals surface area (Å²) >= 11 is 0. The van der Waals surface area contributed by atoms with Gasteiger partial charge in [-0.15, -0.1) is 0 Å². The zero-order valence-electron chi connectivity index (χ0n) is 18.9. The Bertz CT molecular complexity index is 1300. The first-order valence-electron chi connectivity index (χ1n) is 11.0. The highest BCUT2D eigenvalue weighted by Gasteiger charge is 2.42. The van der Waals surface area contributed by atoms with Gasteiger partial charge in [-0.25, -0.2) is 15.0 Å².